The molecular weight excluding hydrogens is 581 g/mol. The Balaban J connectivity index is 1.22. The van der Waals surface area contributed by atoms with Crippen LogP contribution in [0.3, 0.4) is 0 Å². The predicted molar refractivity (Wildman–Crippen MR) is 190 cm³/mol. The number of benzene rings is 6. The van der Waals surface area contributed by atoms with Gasteiger partial charge in [0.15, 0.2) is 5.82 Å². The summed E-state index contributed by atoms with van der Waals surface area (Å²) >= 11 is 1.72. The zero-order valence-electron chi connectivity index (χ0n) is 24.6. The third-order valence-electron chi connectivity index (χ3n) is 8.65. The first-order chi connectivity index (χ1) is 22.7. The Hall–Kier alpha value is -6.09. The Morgan fingerprint density at radius 3 is 1.93 bits per heavy atom. The van der Waals surface area contributed by atoms with Crippen molar-refractivity contribution in [1.29, 1.82) is 5.26 Å². The largest absolute Gasteiger partial charge is 0.309 e. The maximum Gasteiger partial charge on any atom is 0.160 e. The summed E-state index contributed by atoms with van der Waals surface area (Å²) in [6.07, 6.45) is 0. The van der Waals surface area contributed by atoms with E-state index in [1.54, 1.807) is 11.3 Å². The molecule has 46 heavy (non-hydrogen) atoms. The van der Waals surface area contributed by atoms with E-state index in [0.29, 0.717) is 11.4 Å². The normalized spacial score (nSPS) is 11.5. The molecule has 5 heteroatoms. The van der Waals surface area contributed by atoms with Gasteiger partial charge in [0, 0.05) is 37.7 Å². The maximum atomic E-state index is 9.37. The van der Waals surface area contributed by atoms with Crippen molar-refractivity contribution in [2.24, 2.45) is 0 Å². The van der Waals surface area contributed by atoms with Gasteiger partial charge in [-0.15, -0.1) is 11.3 Å². The van der Waals surface area contributed by atoms with Crippen molar-refractivity contribution in [1.82, 2.24) is 14.5 Å². The van der Waals surface area contributed by atoms with E-state index < -0.39 is 0 Å². The summed E-state index contributed by atoms with van der Waals surface area (Å²) < 4.78 is 4.55. The second kappa shape index (κ2) is 10.5. The second-order valence-electron chi connectivity index (χ2n) is 11.4. The van der Waals surface area contributed by atoms with Crippen LogP contribution in [0.4, 0.5) is 0 Å². The van der Waals surface area contributed by atoms with E-state index in [-0.39, 0.29) is 0 Å². The minimum Gasteiger partial charge on any atom is -0.309 e. The highest BCUT2D eigenvalue weighted by atomic mass is 32.1. The highest BCUT2D eigenvalue weighted by molar-refractivity contribution is 7.26. The molecule has 0 radical (unpaired) electrons. The minimum atomic E-state index is 0.626. The lowest BCUT2D eigenvalue weighted by atomic mass is 10.0. The molecule has 3 aromatic heterocycles. The van der Waals surface area contributed by atoms with Crippen LogP contribution in [-0.4, -0.2) is 14.5 Å². The molecule has 3 heterocycles. The predicted octanol–water partition coefficient (Wildman–Crippen LogP) is 10.8. The zero-order chi connectivity index (χ0) is 30.6. The van der Waals surface area contributed by atoms with Crippen LogP contribution in [0, 0.1) is 11.3 Å². The number of para-hydroxylation sites is 2. The Bertz CT molecular complexity index is 2590. The van der Waals surface area contributed by atoms with E-state index >= 15 is 0 Å². The molecule has 0 N–H and O–H groups in total. The molecule has 0 spiro atoms. The molecule has 0 amide bonds. The van der Waals surface area contributed by atoms with E-state index in [9.17, 15) is 5.26 Å². The zero-order valence-corrected chi connectivity index (χ0v) is 25.4. The average molecular weight is 605 g/mol. The molecule has 0 bridgehead atoms. The van der Waals surface area contributed by atoms with Gasteiger partial charge in [0.05, 0.1) is 38.6 Å². The number of hydrogen-bond acceptors (Lipinski definition) is 4. The molecule has 9 aromatic rings. The van der Waals surface area contributed by atoms with Crippen LogP contribution in [0.15, 0.2) is 146 Å². The lowest BCUT2D eigenvalue weighted by Gasteiger charge is -2.10. The number of fused-ring (bicyclic) bond motifs is 6. The summed E-state index contributed by atoms with van der Waals surface area (Å²) in [5.41, 5.74) is 10.2. The van der Waals surface area contributed by atoms with Crippen molar-refractivity contribution >= 4 is 53.4 Å². The fourth-order valence-electron chi connectivity index (χ4n) is 6.46. The molecule has 0 atom stereocenters. The van der Waals surface area contributed by atoms with E-state index in [4.69, 9.17) is 9.97 Å². The van der Waals surface area contributed by atoms with E-state index in [2.05, 4.69) is 102 Å². The smallest absolute Gasteiger partial charge is 0.160 e. The summed E-state index contributed by atoms with van der Waals surface area (Å²) in [6.45, 7) is 0. The van der Waals surface area contributed by atoms with Gasteiger partial charge in [-0.2, -0.15) is 5.26 Å². The van der Waals surface area contributed by atoms with Crippen molar-refractivity contribution in [3.8, 4) is 45.5 Å². The fourth-order valence-corrected chi connectivity index (χ4v) is 7.65. The third kappa shape index (κ3) is 4.20. The van der Waals surface area contributed by atoms with Crippen molar-refractivity contribution in [3.05, 3.63) is 151 Å². The van der Waals surface area contributed by atoms with E-state index in [1.165, 1.54) is 21.8 Å². The number of thiophene rings is 1. The first-order valence-electron chi connectivity index (χ1n) is 15.1. The molecular formula is C41H24N4S. The summed E-state index contributed by atoms with van der Waals surface area (Å²) in [5.74, 6) is 0.690. The van der Waals surface area contributed by atoms with Crippen LogP contribution < -0.4 is 0 Å². The molecule has 0 saturated heterocycles. The monoisotopic (exact) mass is 604 g/mol. The van der Waals surface area contributed by atoms with Gasteiger partial charge in [0.1, 0.15) is 0 Å². The van der Waals surface area contributed by atoms with Crippen LogP contribution in [0.25, 0.3) is 81.6 Å². The van der Waals surface area contributed by atoms with Crippen molar-refractivity contribution in [2.75, 3.05) is 0 Å². The van der Waals surface area contributed by atoms with Gasteiger partial charge in [-0.05, 0) is 53.6 Å². The van der Waals surface area contributed by atoms with Gasteiger partial charge in [-0.1, -0.05) is 103 Å². The van der Waals surface area contributed by atoms with Crippen LogP contribution in [-0.2, 0) is 0 Å². The van der Waals surface area contributed by atoms with Crippen LogP contribution in [0.5, 0.6) is 0 Å². The number of rotatable bonds is 4. The highest BCUT2D eigenvalue weighted by Crippen LogP contribution is 2.41. The summed E-state index contributed by atoms with van der Waals surface area (Å²) in [6, 6.07) is 52.7. The van der Waals surface area contributed by atoms with Gasteiger partial charge in [-0.3, -0.25) is 0 Å². The molecule has 9 rings (SSSR count). The Morgan fingerprint density at radius 1 is 0.543 bits per heavy atom. The van der Waals surface area contributed by atoms with Gasteiger partial charge in [-0.25, -0.2) is 9.97 Å². The Labute approximate surface area is 269 Å². The van der Waals surface area contributed by atoms with Gasteiger partial charge in [0.2, 0.25) is 0 Å². The average Bonchev–Trinajstić information content (AvgIpc) is 3.67. The number of hydrogen-bond donors (Lipinski definition) is 0. The first kappa shape index (κ1) is 26.3. The number of nitriles is 1. The molecule has 0 fully saturated rings. The minimum absolute atomic E-state index is 0.626. The van der Waals surface area contributed by atoms with Gasteiger partial charge in [0.25, 0.3) is 0 Å². The van der Waals surface area contributed by atoms with E-state index in [0.717, 1.165) is 53.9 Å². The molecule has 0 aliphatic carbocycles. The molecule has 0 aliphatic heterocycles. The van der Waals surface area contributed by atoms with E-state index in [1.807, 2.05) is 54.6 Å². The topological polar surface area (TPSA) is 54.5 Å². The number of aromatic nitrogens is 3. The molecule has 214 valence electrons. The van der Waals surface area contributed by atoms with Gasteiger partial charge >= 0.3 is 0 Å². The fraction of sp³-hybridized carbons (Fsp3) is 0. The second-order valence-corrected chi connectivity index (χ2v) is 12.4. The Morgan fingerprint density at radius 2 is 1.20 bits per heavy atom. The number of nitrogens with zero attached hydrogens (tertiary/aromatic N) is 4. The van der Waals surface area contributed by atoms with Crippen molar-refractivity contribution in [3.63, 3.8) is 0 Å². The van der Waals surface area contributed by atoms with Crippen LogP contribution in [0.1, 0.15) is 5.56 Å². The third-order valence-corrected chi connectivity index (χ3v) is 9.80. The van der Waals surface area contributed by atoms with Crippen LogP contribution in [0.2, 0.25) is 0 Å². The quantitative estimate of drug-likeness (QED) is 0.201. The standard InChI is InChI=1S/C41H24N4S/c42-25-26-17-19-27(20-18-26)38-40-39(44-41(43-38)28-9-2-1-3-10-28)34-22-21-30(24-37(34)46-40)29-11-8-12-31(23-29)45-35-15-6-4-13-32(35)33-14-5-7-16-36(33)45/h1-24H. The van der Waals surface area contributed by atoms with Crippen molar-refractivity contribution in [2.45, 2.75) is 0 Å². The molecule has 4 nitrogen and oxygen atoms in total. The maximum absolute atomic E-state index is 9.37. The van der Waals surface area contributed by atoms with Crippen LogP contribution >= 0.6 is 11.3 Å². The molecule has 0 aliphatic rings. The lowest BCUT2D eigenvalue weighted by Crippen LogP contribution is -1.94. The molecule has 0 saturated carbocycles. The molecule has 0 unspecified atom stereocenters. The highest BCUT2D eigenvalue weighted by Gasteiger charge is 2.18. The Kier molecular flexibility index (Phi) is 6.02. The van der Waals surface area contributed by atoms with Crippen molar-refractivity contribution < 1.29 is 0 Å². The first-order valence-corrected chi connectivity index (χ1v) is 16.0. The summed E-state index contributed by atoms with van der Waals surface area (Å²) in [7, 11) is 0. The summed E-state index contributed by atoms with van der Waals surface area (Å²) in [4.78, 5) is 10.2. The van der Waals surface area contributed by atoms with Gasteiger partial charge < -0.3 is 4.57 Å². The summed E-state index contributed by atoms with van der Waals surface area (Å²) in [5, 5.41) is 13.0. The molecule has 6 aromatic carbocycles. The SMILES string of the molecule is N#Cc1ccc(-c2nc(-c3ccccc3)nc3c2sc2cc(-c4cccc(-n5c6ccccc6c6ccccc65)c4)ccc23)cc1. The lowest BCUT2D eigenvalue weighted by molar-refractivity contribution is 1.18.